The Kier molecular flexibility index (Phi) is 6.72. The molecule has 0 spiro atoms. The number of hydrogen-bond acceptors (Lipinski definition) is 4. The van der Waals surface area contributed by atoms with E-state index in [-0.39, 0.29) is 5.91 Å². The second-order valence-corrected chi connectivity index (χ2v) is 8.58. The van der Waals surface area contributed by atoms with Crippen molar-refractivity contribution in [1.82, 2.24) is 4.90 Å². The fourth-order valence-corrected chi connectivity index (χ4v) is 4.54. The van der Waals surface area contributed by atoms with Gasteiger partial charge in [0.1, 0.15) is 0 Å². The van der Waals surface area contributed by atoms with Gasteiger partial charge in [-0.25, -0.2) is 0 Å². The first-order valence-electron chi connectivity index (χ1n) is 10.3. The summed E-state index contributed by atoms with van der Waals surface area (Å²) in [5, 5.41) is 3.05. The molecule has 0 unspecified atom stereocenters. The Morgan fingerprint density at radius 1 is 0.867 bits per heavy atom. The van der Waals surface area contributed by atoms with Crippen LogP contribution in [-0.4, -0.2) is 44.0 Å². The molecular weight excluding hydrogens is 390 g/mol. The largest absolute Gasteiger partial charge is 0.369 e. The van der Waals surface area contributed by atoms with Gasteiger partial charge in [-0.05, 0) is 49.0 Å². The van der Waals surface area contributed by atoms with Crippen LogP contribution >= 0.6 is 11.8 Å². The number of piperazine rings is 1. The molecule has 3 aromatic carbocycles. The number of anilines is 2. The second kappa shape index (κ2) is 9.83. The van der Waals surface area contributed by atoms with Crippen LogP contribution in [0.15, 0.2) is 83.8 Å². The quantitative estimate of drug-likeness (QED) is 0.574. The summed E-state index contributed by atoms with van der Waals surface area (Å²) in [7, 11) is 2.16. The molecule has 30 heavy (non-hydrogen) atoms. The summed E-state index contributed by atoms with van der Waals surface area (Å²) < 4.78 is 0. The lowest BCUT2D eigenvalue weighted by Crippen LogP contribution is -2.44. The third-order valence-corrected chi connectivity index (χ3v) is 6.51. The average Bonchev–Trinajstić information content (AvgIpc) is 2.80. The van der Waals surface area contributed by atoms with Crippen molar-refractivity contribution in [3.8, 4) is 0 Å². The van der Waals surface area contributed by atoms with Crippen molar-refractivity contribution in [2.24, 2.45) is 0 Å². The number of amides is 1. The molecule has 1 saturated heterocycles. The molecule has 0 bridgehead atoms. The van der Waals surface area contributed by atoms with E-state index in [9.17, 15) is 4.79 Å². The van der Waals surface area contributed by atoms with E-state index in [2.05, 4.69) is 46.4 Å². The summed E-state index contributed by atoms with van der Waals surface area (Å²) in [5.74, 6) is 0.767. The highest BCUT2D eigenvalue weighted by molar-refractivity contribution is 7.98. The molecule has 4 rings (SSSR count). The van der Waals surface area contributed by atoms with Gasteiger partial charge in [0.2, 0.25) is 0 Å². The SMILES string of the molecule is CN1CCN(c2ccc(NC(=O)c3ccccc3SCc3ccccc3)cc2)CC1. The van der Waals surface area contributed by atoms with Gasteiger partial charge >= 0.3 is 0 Å². The Morgan fingerprint density at radius 3 is 2.27 bits per heavy atom. The van der Waals surface area contributed by atoms with E-state index in [4.69, 9.17) is 0 Å². The van der Waals surface area contributed by atoms with Gasteiger partial charge in [-0.3, -0.25) is 4.79 Å². The minimum atomic E-state index is -0.0708. The lowest BCUT2D eigenvalue weighted by Gasteiger charge is -2.34. The van der Waals surface area contributed by atoms with Crippen molar-refractivity contribution in [2.45, 2.75) is 10.6 Å². The standard InChI is InChI=1S/C25H27N3OS/c1-27-15-17-28(18-16-27)22-13-11-21(12-14-22)26-25(29)23-9-5-6-10-24(23)30-19-20-7-3-2-4-8-20/h2-14H,15-19H2,1H3,(H,26,29). The fraction of sp³-hybridized carbons (Fsp3) is 0.240. The number of likely N-dealkylation sites (N-methyl/N-ethyl adjacent to an activating group) is 1. The van der Waals surface area contributed by atoms with Gasteiger partial charge in [-0.15, -0.1) is 11.8 Å². The molecule has 5 heteroatoms. The van der Waals surface area contributed by atoms with Crippen LogP contribution in [0.25, 0.3) is 0 Å². The predicted molar refractivity (Wildman–Crippen MR) is 127 cm³/mol. The van der Waals surface area contributed by atoms with Crippen LogP contribution in [0.4, 0.5) is 11.4 Å². The molecule has 154 valence electrons. The zero-order chi connectivity index (χ0) is 20.8. The van der Waals surface area contributed by atoms with Gasteiger partial charge in [0.05, 0.1) is 5.56 Å². The molecular formula is C25H27N3OS. The zero-order valence-electron chi connectivity index (χ0n) is 17.3. The highest BCUT2D eigenvalue weighted by Crippen LogP contribution is 2.27. The number of hydrogen-bond donors (Lipinski definition) is 1. The van der Waals surface area contributed by atoms with Gasteiger partial charge in [-0.2, -0.15) is 0 Å². The molecule has 0 aliphatic carbocycles. The molecule has 4 nitrogen and oxygen atoms in total. The van der Waals surface area contributed by atoms with Gasteiger partial charge < -0.3 is 15.1 Å². The highest BCUT2D eigenvalue weighted by Gasteiger charge is 2.15. The summed E-state index contributed by atoms with van der Waals surface area (Å²) in [6.07, 6.45) is 0. The predicted octanol–water partition coefficient (Wildman–Crippen LogP) is 4.98. The van der Waals surface area contributed by atoms with Crippen molar-refractivity contribution < 1.29 is 4.79 Å². The van der Waals surface area contributed by atoms with E-state index in [1.807, 2.05) is 54.6 Å². The van der Waals surface area contributed by atoms with Crippen LogP contribution in [0, 0.1) is 0 Å². The molecule has 1 aliphatic rings. The molecule has 1 aliphatic heterocycles. The van der Waals surface area contributed by atoms with Crippen molar-refractivity contribution >= 4 is 29.0 Å². The Hall–Kier alpha value is -2.76. The second-order valence-electron chi connectivity index (χ2n) is 7.56. The summed E-state index contributed by atoms with van der Waals surface area (Å²) >= 11 is 1.69. The molecule has 0 atom stereocenters. The number of thioether (sulfide) groups is 1. The third-order valence-electron chi connectivity index (χ3n) is 5.36. The molecule has 0 radical (unpaired) electrons. The lowest BCUT2D eigenvalue weighted by molar-refractivity contribution is 0.102. The molecule has 1 fully saturated rings. The lowest BCUT2D eigenvalue weighted by atomic mass is 10.2. The zero-order valence-corrected chi connectivity index (χ0v) is 18.1. The number of rotatable bonds is 6. The van der Waals surface area contributed by atoms with Crippen molar-refractivity contribution in [3.63, 3.8) is 0 Å². The van der Waals surface area contributed by atoms with Crippen LogP contribution in [-0.2, 0) is 5.75 Å². The molecule has 0 saturated carbocycles. The highest BCUT2D eigenvalue weighted by atomic mass is 32.2. The number of benzene rings is 3. The minimum Gasteiger partial charge on any atom is -0.369 e. The van der Waals surface area contributed by atoms with E-state index < -0.39 is 0 Å². The van der Waals surface area contributed by atoms with E-state index >= 15 is 0 Å². The van der Waals surface area contributed by atoms with E-state index in [1.165, 1.54) is 11.3 Å². The van der Waals surface area contributed by atoms with Crippen LogP contribution in [0.3, 0.4) is 0 Å². The topological polar surface area (TPSA) is 35.6 Å². The monoisotopic (exact) mass is 417 g/mol. The Labute approximate surface area is 182 Å². The number of carbonyl (C=O) groups is 1. The number of carbonyl (C=O) groups excluding carboxylic acids is 1. The summed E-state index contributed by atoms with van der Waals surface area (Å²) in [4.78, 5) is 18.7. The number of nitrogens with zero attached hydrogens (tertiary/aromatic N) is 2. The summed E-state index contributed by atoms with van der Waals surface area (Å²) in [6, 6.07) is 26.3. The molecule has 0 aromatic heterocycles. The molecule has 1 amide bonds. The van der Waals surface area contributed by atoms with E-state index in [1.54, 1.807) is 11.8 Å². The van der Waals surface area contributed by atoms with Gasteiger partial charge in [0.25, 0.3) is 5.91 Å². The van der Waals surface area contributed by atoms with Gasteiger partial charge in [0.15, 0.2) is 0 Å². The first-order valence-corrected chi connectivity index (χ1v) is 11.3. The van der Waals surface area contributed by atoms with Crippen molar-refractivity contribution in [3.05, 3.63) is 90.0 Å². The van der Waals surface area contributed by atoms with Crippen LogP contribution in [0.5, 0.6) is 0 Å². The van der Waals surface area contributed by atoms with E-state index in [0.717, 1.165) is 42.5 Å². The van der Waals surface area contributed by atoms with Gasteiger partial charge in [0, 0.05) is 48.2 Å². The maximum atomic E-state index is 12.9. The van der Waals surface area contributed by atoms with E-state index in [0.29, 0.717) is 5.56 Å². The van der Waals surface area contributed by atoms with Gasteiger partial charge in [-0.1, -0.05) is 42.5 Å². The smallest absolute Gasteiger partial charge is 0.256 e. The molecule has 1 heterocycles. The van der Waals surface area contributed by atoms with Crippen LogP contribution in [0.2, 0.25) is 0 Å². The van der Waals surface area contributed by atoms with Crippen molar-refractivity contribution in [2.75, 3.05) is 43.4 Å². The fourth-order valence-electron chi connectivity index (χ4n) is 3.53. The average molecular weight is 418 g/mol. The van der Waals surface area contributed by atoms with Crippen LogP contribution < -0.4 is 10.2 Å². The van der Waals surface area contributed by atoms with Crippen molar-refractivity contribution in [1.29, 1.82) is 0 Å². The number of nitrogens with one attached hydrogen (secondary N) is 1. The summed E-state index contributed by atoms with van der Waals surface area (Å²) in [6.45, 7) is 4.23. The summed E-state index contributed by atoms with van der Waals surface area (Å²) in [5.41, 5.74) is 3.99. The maximum Gasteiger partial charge on any atom is 0.256 e. The van der Waals surface area contributed by atoms with Crippen LogP contribution in [0.1, 0.15) is 15.9 Å². The Morgan fingerprint density at radius 2 is 1.53 bits per heavy atom. The Balaban J connectivity index is 1.40. The normalized spacial score (nSPS) is 14.5. The maximum absolute atomic E-state index is 12.9. The first kappa shape index (κ1) is 20.5. The third kappa shape index (κ3) is 5.23. The first-order chi connectivity index (χ1) is 14.7. The minimum absolute atomic E-state index is 0.0708. The molecule has 3 aromatic rings. The molecule has 1 N–H and O–H groups in total. The Bertz CT molecular complexity index is 967.